The number of anilines is 1. The standard InChI is InChI=1S/C32H35N5O4/c1-23-30(31(35-41-23)26-11-9-15-34-20-26)32(39)36-16-6-4-3-5-7-17-37(29(38)22-40-2)28-13-12-24(18-27(28)21-36)25-10-8-14-33-19-25/h8-15,18-20H,3-7,16-17,21-22H2,1-2H3. The van der Waals surface area contributed by atoms with Crippen molar-refractivity contribution in [1.29, 1.82) is 0 Å². The van der Waals surface area contributed by atoms with Gasteiger partial charge in [0.1, 0.15) is 23.6 Å². The molecule has 0 bridgehead atoms. The van der Waals surface area contributed by atoms with Gasteiger partial charge >= 0.3 is 0 Å². The van der Waals surface area contributed by atoms with E-state index in [1.54, 1.807) is 25.5 Å². The summed E-state index contributed by atoms with van der Waals surface area (Å²) in [5.41, 5.74) is 5.22. The predicted molar refractivity (Wildman–Crippen MR) is 156 cm³/mol. The van der Waals surface area contributed by atoms with Crippen molar-refractivity contribution < 1.29 is 18.8 Å². The molecular weight excluding hydrogens is 518 g/mol. The summed E-state index contributed by atoms with van der Waals surface area (Å²) in [6, 6.07) is 13.6. The van der Waals surface area contributed by atoms with E-state index in [9.17, 15) is 9.59 Å². The molecule has 1 aromatic carbocycles. The lowest BCUT2D eigenvalue weighted by Crippen LogP contribution is -2.37. The topological polar surface area (TPSA) is 102 Å². The van der Waals surface area contributed by atoms with Crippen molar-refractivity contribution in [3.63, 3.8) is 0 Å². The SMILES string of the molecule is COCC(=O)N1CCCCCCCN(C(=O)c2c(-c3cccnc3)noc2C)Cc2cc(-c3cccnc3)ccc21. The summed E-state index contributed by atoms with van der Waals surface area (Å²) >= 11 is 0. The molecule has 0 unspecified atom stereocenters. The Labute approximate surface area is 240 Å². The molecule has 0 aliphatic carbocycles. The van der Waals surface area contributed by atoms with Gasteiger partial charge in [-0.25, -0.2) is 0 Å². The first-order valence-electron chi connectivity index (χ1n) is 14.1. The highest BCUT2D eigenvalue weighted by Crippen LogP contribution is 2.32. The fourth-order valence-corrected chi connectivity index (χ4v) is 5.31. The number of hydrogen-bond donors (Lipinski definition) is 0. The summed E-state index contributed by atoms with van der Waals surface area (Å²) in [6.07, 6.45) is 11.7. The number of aryl methyl sites for hydroxylation is 1. The van der Waals surface area contributed by atoms with Crippen LogP contribution in [0.2, 0.25) is 0 Å². The zero-order valence-electron chi connectivity index (χ0n) is 23.6. The highest BCUT2D eigenvalue weighted by Gasteiger charge is 2.28. The number of nitrogens with zero attached hydrogens (tertiary/aromatic N) is 5. The summed E-state index contributed by atoms with van der Waals surface area (Å²) in [5, 5.41) is 4.22. The van der Waals surface area contributed by atoms with Crippen LogP contribution in [0, 0.1) is 6.92 Å². The van der Waals surface area contributed by atoms with Crippen LogP contribution < -0.4 is 4.90 Å². The number of hydrogen-bond acceptors (Lipinski definition) is 7. The average molecular weight is 554 g/mol. The highest BCUT2D eigenvalue weighted by atomic mass is 16.5. The number of benzene rings is 1. The van der Waals surface area contributed by atoms with Gasteiger partial charge in [-0.3, -0.25) is 19.6 Å². The van der Waals surface area contributed by atoms with Crippen LogP contribution in [0.5, 0.6) is 0 Å². The van der Waals surface area contributed by atoms with Crippen molar-refractivity contribution in [2.45, 2.75) is 45.6 Å². The molecule has 0 fully saturated rings. The molecule has 4 aromatic rings. The zero-order chi connectivity index (χ0) is 28.6. The molecule has 5 rings (SSSR count). The Bertz CT molecular complexity index is 1470. The van der Waals surface area contributed by atoms with E-state index in [1.807, 2.05) is 52.4 Å². The van der Waals surface area contributed by atoms with Gasteiger partial charge in [0.2, 0.25) is 0 Å². The molecule has 0 radical (unpaired) electrons. The Morgan fingerprint density at radius 3 is 2.32 bits per heavy atom. The summed E-state index contributed by atoms with van der Waals surface area (Å²) in [5.74, 6) is 0.194. The van der Waals surface area contributed by atoms with Gasteiger partial charge in [-0.2, -0.15) is 0 Å². The maximum Gasteiger partial charge on any atom is 0.260 e. The molecule has 0 saturated heterocycles. The molecule has 3 aromatic heterocycles. The molecule has 9 heteroatoms. The molecule has 0 atom stereocenters. The van der Waals surface area contributed by atoms with Gasteiger partial charge in [-0.05, 0) is 66.8 Å². The molecule has 0 saturated carbocycles. The molecule has 0 spiro atoms. The third kappa shape index (κ3) is 6.52. The van der Waals surface area contributed by atoms with Crippen molar-refractivity contribution in [2.24, 2.45) is 0 Å². The molecule has 0 N–H and O–H groups in total. The van der Waals surface area contributed by atoms with Gasteiger partial charge in [0.25, 0.3) is 11.8 Å². The molecule has 1 aliphatic rings. The van der Waals surface area contributed by atoms with Crippen LogP contribution in [0.15, 0.2) is 71.8 Å². The zero-order valence-corrected chi connectivity index (χ0v) is 23.6. The first kappa shape index (κ1) is 28.2. The molecule has 9 nitrogen and oxygen atoms in total. The Kier molecular flexibility index (Phi) is 9.15. The van der Waals surface area contributed by atoms with E-state index in [0.717, 1.165) is 60.0 Å². The van der Waals surface area contributed by atoms with E-state index in [1.165, 1.54) is 7.11 Å². The Morgan fingerprint density at radius 1 is 0.902 bits per heavy atom. The summed E-state index contributed by atoms with van der Waals surface area (Å²) < 4.78 is 10.7. The number of carbonyl (C=O) groups excluding carboxylic acids is 2. The maximum absolute atomic E-state index is 14.3. The summed E-state index contributed by atoms with van der Waals surface area (Å²) in [7, 11) is 1.53. The van der Waals surface area contributed by atoms with Crippen LogP contribution in [0.25, 0.3) is 22.4 Å². The van der Waals surface area contributed by atoms with E-state index in [2.05, 4.69) is 21.2 Å². The van der Waals surface area contributed by atoms with Gasteiger partial charge in [0.05, 0.1) is 0 Å². The number of methoxy groups -OCH3 is 1. The van der Waals surface area contributed by atoms with E-state index in [4.69, 9.17) is 9.26 Å². The molecular formula is C32H35N5O4. The second kappa shape index (κ2) is 13.3. The van der Waals surface area contributed by atoms with Crippen LogP contribution in [0.1, 0.15) is 53.8 Å². The molecule has 1 aliphatic heterocycles. The highest BCUT2D eigenvalue weighted by molar-refractivity contribution is 6.01. The van der Waals surface area contributed by atoms with Gasteiger partial charge in [0, 0.05) is 62.8 Å². The van der Waals surface area contributed by atoms with E-state index in [-0.39, 0.29) is 18.4 Å². The fourth-order valence-electron chi connectivity index (χ4n) is 5.31. The smallest absolute Gasteiger partial charge is 0.260 e. The van der Waals surface area contributed by atoms with Crippen LogP contribution in [-0.4, -0.2) is 58.6 Å². The Morgan fingerprint density at radius 2 is 1.61 bits per heavy atom. The number of ether oxygens (including phenoxy) is 1. The number of aromatic nitrogens is 3. The van der Waals surface area contributed by atoms with Gasteiger partial charge < -0.3 is 19.1 Å². The minimum Gasteiger partial charge on any atom is -0.375 e. The number of carbonyl (C=O) groups is 2. The van der Waals surface area contributed by atoms with Crippen LogP contribution in [-0.2, 0) is 16.1 Å². The summed E-state index contributed by atoms with van der Waals surface area (Å²) in [6.45, 7) is 3.22. The van der Waals surface area contributed by atoms with Gasteiger partial charge in [0.15, 0.2) is 0 Å². The normalized spacial score (nSPS) is 14.6. The lowest BCUT2D eigenvalue weighted by Gasteiger charge is -2.30. The first-order chi connectivity index (χ1) is 20.1. The lowest BCUT2D eigenvalue weighted by molar-refractivity contribution is -0.122. The second-order valence-electron chi connectivity index (χ2n) is 10.3. The largest absolute Gasteiger partial charge is 0.375 e. The van der Waals surface area contributed by atoms with Crippen molar-refractivity contribution in [2.75, 3.05) is 31.7 Å². The summed E-state index contributed by atoms with van der Waals surface area (Å²) in [4.78, 5) is 39.7. The quantitative estimate of drug-likeness (QED) is 0.313. The molecule has 212 valence electrons. The van der Waals surface area contributed by atoms with Gasteiger partial charge in [-0.15, -0.1) is 0 Å². The van der Waals surface area contributed by atoms with Crippen LogP contribution >= 0.6 is 0 Å². The average Bonchev–Trinajstić information content (AvgIpc) is 3.39. The van der Waals surface area contributed by atoms with Crippen molar-refractivity contribution in [1.82, 2.24) is 20.0 Å². The molecule has 41 heavy (non-hydrogen) atoms. The van der Waals surface area contributed by atoms with Crippen LogP contribution in [0.4, 0.5) is 5.69 Å². The van der Waals surface area contributed by atoms with E-state index in [0.29, 0.717) is 36.7 Å². The van der Waals surface area contributed by atoms with Crippen molar-refractivity contribution >= 4 is 17.5 Å². The van der Waals surface area contributed by atoms with Crippen molar-refractivity contribution in [3.8, 4) is 22.4 Å². The third-order valence-corrected chi connectivity index (χ3v) is 7.40. The van der Waals surface area contributed by atoms with Gasteiger partial charge in [-0.1, -0.05) is 36.6 Å². The lowest BCUT2D eigenvalue weighted by atomic mass is 10.00. The fraction of sp³-hybridized carbons (Fsp3) is 0.344. The first-order valence-corrected chi connectivity index (χ1v) is 14.1. The monoisotopic (exact) mass is 553 g/mol. The second-order valence-corrected chi connectivity index (χ2v) is 10.3. The Balaban J connectivity index is 1.59. The van der Waals surface area contributed by atoms with Crippen molar-refractivity contribution in [3.05, 3.63) is 84.1 Å². The number of amides is 2. The minimum absolute atomic E-state index is 0.0131. The number of fused-ring (bicyclic) bond motifs is 1. The van der Waals surface area contributed by atoms with Crippen LogP contribution in [0.3, 0.4) is 0 Å². The Hall–Kier alpha value is -4.37. The molecule has 2 amide bonds. The predicted octanol–water partition coefficient (Wildman–Crippen LogP) is 5.69. The van der Waals surface area contributed by atoms with E-state index >= 15 is 0 Å². The van der Waals surface area contributed by atoms with E-state index < -0.39 is 0 Å². The minimum atomic E-state index is -0.160. The number of rotatable bonds is 5. The third-order valence-electron chi connectivity index (χ3n) is 7.40. The molecule has 4 heterocycles. The number of pyridine rings is 2. The maximum atomic E-state index is 14.3.